The summed E-state index contributed by atoms with van der Waals surface area (Å²) in [6.45, 7) is 3.66. The predicted octanol–water partition coefficient (Wildman–Crippen LogP) is 2.37. The van der Waals surface area contributed by atoms with Crippen molar-refractivity contribution in [2.45, 2.75) is 13.8 Å². The summed E-state index contributed by atoms with van der Waals surface area (Å²) in [5, 5.41) is 4.97. The molecule has 0 bridgehead atoms. The number of aromatic amines is 1. The van der Waals surface area contributed by atoms with E-state index in [1.54, 1.807) is 18.3 Å². The van der Waals surface area contributed by atoms with Crippen LogP contribution in [0.25, 0.3) is 16.1 Å². The number of aryl methyl sites for hydroxylation is 1. The van der Waals surface area contributed by atoms with Crippen molar-refractivity contribution in [3.8, 4) is 10.4 Å². The van der Waals surface area contributed by atoms with Crippen LogP contribution in [0.4, 0.5) is 0 Å². The van der Waals surface area contributed by atoms with E-state index in [0.29, 0.717) is 11.2 Å². The van der Waals surface area contributed by atoms with E-state index >= 15 is 0 Å². The average molecular weight is 245 g/mol. The van der Waals surface area contributed by atoms with Crippen molar-refractivity contribution in [3.63, 3.8) is 0 Å². The van der Waals surface area contributed by atoms with Gasteiger partial charge < -0.3 is 0 Å². The van der Waals surface area contributed by atoms with Crippen LogP contribution >= 0.6 is 11.3 Å². The van der Waals surface area contributed by atoms with Crippen molar-refractivity contribution in [1.29, 1.82) is 0 Å². The lowest BCUT2D eigenvalue weighted by Gasteiger charge is -2.00. The lowest BCUT2D eigenvalue weighted by molar-refractivity contribution is 0.873. The fourth-order valence-electron chi connectivity index (χ4n) is 1.82. The van der Waals surface area contributed by atoms with Crippen LogP contribution in [-0.4, -0.2) is 14.6 Å². The molecule has 0 atom stereocenters. The van der Waals surface area contributed by atoms with Gasteiger partial charge in [0.15, 0.2) is 5.65 Å². The highest BCUT2D eigenvalue weighted by Gasteiger charge is 2.12. The van der Waals surface area contributed by atoms with Crippen LogP contribution in [0, 0.1) is 13.8 Å². The second-order valence-electron chi connectivity index (χ2n) is 3.95. The molecule has 0 fully saturated rings. The van der Waals surface area contributed by atoms with Crippen molar-refractivity contribution >= 4 is 17.0 Å². The van der Waals surface area contributed by atoms with E-state index in [-0.39, 0.29) is 5.56 Å². The van der Waals surface area contributed by atoms with Crippen molar-refractivity contribution in [3.05, 3.63) is 45.3 Å². The quantitative estimate of drug-likeness (QED) is 0.715. The van der Waals surface area contributed by atoms with Gasteiger partial charge in [0.05, 0.1) is 5.56 Å². The Bertz CT molecular complexity index is 737. The summed E-state index contributed by atoms with van der Waals surface area (Å²) in [5.74, 6) is 0. The van der Waals surface area contributed by atoms with Crippen LogP contribution in [0.2, 0.25) is 0 Å². The van der Waals surface area contributed by atoms with Gasteiger partial charge in [-0.05, 0) is 25.3 Å². The summed E-state index contributed by atoms with van der Waals surface area (Å²) in [6, 6.07) is 4.01. The van der Waals surface area contributed by atoms with Gasteiger partial charge in [0, 0.05) is 22.3 Å². The summed E-state index contributed by atoms with van der Waals surface area (Å²) in [4.78, 5) is 17.6. The van der Waals surface area contributed by atoms with Gasteiger partial charge in [-0.3, -0.25) is 9.89 Å². The minimum Gasteiger partial charge on any atom is -0.296 e. The third-order valence-electron chi connectivity index (χ3n) is 2.92. The molecule has 0 unspecified atom stereocenters. The minimum absolute atomic E-state index is 0.0321. The maximum atomic E-state index is 12.0. The zero-order chi connectivity index (χ0) is 12.0. The number of fused-ring (bicyclic) bond motifs is 1. The first-order chi connectivity index (χ1) is 8.18. The van der Waals surface area contributed by atoms with Gasteiger partial charge in [-0.2, -0.15) is 0 Å². The Morgan fingerprint density at radius 1 is 1.41 bits per heavy atom. The summed E-state index contributed by atoms with van der Waals surface area (Å²) in [6.07, 6.45) is 1.83. The third kappa shape index (κ3) is 1.43. The largest absolute Gasteiger partial charge is 0.296 e. The van der Waals surface area contributed by atoms with Crippen molar-refractivity contribution in [2.24, 2.45) is 0 Å². The molecule has 3 aromatic heterocycles. The molecule has 0 aliphatic rings. The maximum absolute atomic E-state index is 12.0. The van der Waals surface area contributed by atoms with Gasteiger partial charge in [0.1, 0.15) is 0 Å². The molecular weight excluding hydrogens is 234 g/mol. The lowest BCUT2D eigenvalue weighted by atomic mass is 10.2. The molecule has 0 aromatic carbocycles. The molecular formula is C12H11N3OS. The molecule has 3 heterocycles. The summed E-state index contributed by atoms with van der Waals surface area (Å²) >= 11 is 1.64. The molecule has 4 nitrogen and oxygen atoms in total. The van der Waals surface area contributed by atoms with E-state index in [1.165, 1.54) is 4.52 Å². The molecule has 0 aliphatic carbocycles. The van der Waals surface area contributed by atoms with Crippen LogP contribution in [0.3, 0.4) is 0 Å². The van der Waals surface area contributed by atoms with Crippen LogP contribution in [0.5, 0.6) is 0 Å². The van der Waals surface area contributed by atoms with Crippen LogP contribution in [-0.2, 0) is 0 Å². The van der Waals surface area contributed by atoms with Crippen molar-refractivity contribution in [1.82, 2.24) is 14.6 Å². The standard InChI is InChI=1S/C12H11N3OS/c1-7-8(2)14-11-9(10-4-3-5-17-10)6-13-15(11)12(7)16/h3-6,13H,1-2H3. The van der Waals surface area contributed by atoms with E-state index < -0.39 is 0 Å². The molecule has 0 saturated heterocycles. The van der Waals surface area contributed by atoms with E-state index in [2.05, 4.69) is 10.1 Å². The topological polar surface area (TPSA) is 50.2 Å². The zero-order valence-electron chi connectivity index (χ0n) is 9.52. The second kappa shape index (κ2) is 3.56. The van der Waals surface area contributed by atoms with Crippen LogP contribution in [0.15, 0.2) is 28.5 Å². The highest BCUT2D eigenvalue weighted by Crippen LogP contribution is 2.27. The second-order valence-corrected chi connectivity index (χ2v) is 4.90. The molecule has 0 saturated carbocycles. The molecule has 17 heavy (non-hydrogen) atoms. The summed E-state index contributed by atoms with van der Waals surface area (Å²) in [7, 11) is 0. The van der Waals surface area contributed by atoms with Crippen molar-refractivity contribution < 1.29 is 0 Å². The number of thiophene rings is 1. The molecule has 0 amide bonds. The number of nitrogens with zero attached hydrogens (tertiary/aromatic N) is 2. The van der Waals surface area contributed by atoms with Crippen LogP contribution < -0.4 is 5.56 Å². The van der Waals surface area contributed by atoms with Gasteiger partial charge in [-0.1, -0.05) is 6.07 Å². The number of hydrogen-bond donors (Lipinski definition) is 1. The normalized spacial score (nSPS) is 11.2. The van der Waals surface area contributed by atoms with Gasteiger partial charge in [0.25, 0.3) is 5.56 Å². The smallest absolute Gasteiger partial charge is 0.275 e. The maximum Gasteiger partial charge on any atom is 0.275 e. The van der Waals surface area contributed by atoms with Crippen molar-refractivity contribution in [2.75, 3.05) is 0 Å². The Morgan fingerprint density at radius 3 is 2.94 bits per heavy atom. The molecule has 0 aliphatic heterocycles. The highest BCUT2D eigenvalue weighted by molar-refractivity contribution is 7.13. The first-order valence-electron chi connectivity index (χ1n) is 5.29. The molecule has 3 rings (SSSR count). The minimum atomic E-state index is -0.0321. The van der Waals surface area contributed by atoms with E-state index in [4.69, 9.17) is 0 Å². The third-order valence-corrected chi connectivity index (χ3v) is 3.82. The van der Waals surface area contributed by atoms with Gasteiger partial charge in [0.2, 0.25) is 0 Å². The molecule has 86 valence electrons. The van der Waals surface area contributed by atoms with Gasteiger partial charge >= 0.3 is 0 Å². The zero-order valence-corrected chi connectivity index (χ0v) is 10.3. The van der Waals surface area contributed by atoms with E-state index in [9.17, 15) is 4.79 Å². The Hall–Kier alpha value is -1.88. The highest BCUT2D eigenvalue weighted by atomic mass is 32.1. The Balaban J connectivity index is 2.41. The van der Waals surface area contributed by atoms with Gasteiger partial charge in [-0.25, -0.2) is 9.50 Å². The van der Waals surface area contributed by atoms with E-state index in [1.807, 2.05) is 30.6 Å². The lowest BCUT2D eigenvalue weighted by Crippen LogP contribution is -2.19. The molecule has 0 radical (unpaired) electrons. The number of hydrogen-bond acceptors (Lipinski definition) is 3. The first-order valence-corrected chi connectivity index (χ1v) is 6.17. The fourth-order valence-corrected chi connectivity index (χ4v) is 2.56. The number of nitrogens with one attached hydrogen (secondary N) is 1. The van der Waals surface area contributed by atoms with E-state index in [0.717, 1.165) is 16.1 Å². The number of aromatic nitrogens is 3. The summed E-state index contributed by atoms with van der Waals surface area (Å²) in [5.41, 5.74) is 3.10. The Kier molecular flexibility index (Phi) is 2.16. The number of H-pyrrole nitrogens is 1. The predicted molar refractivity (Wildman–Crippen MR) is 68.6 cm³/mol. The Morgan fingerprint density at radius 2 is 2.24 bits per heavy atom. The Labute approximate surface area is 102 Å². The van der Waals surface area contributed by atoms with Gasteiger partial charge in [-0.15, -0.1) is 11.3 Å². The molecule has 5 heteroatoms. The first kappa shape index (κ1) is 10.3. The number of rotatable bonds is 1. The molecule has 3 aromatic rings. The molecule has 1 N–H and O–H groups in total. The SMILES string of the molecule is Cc1nc2c(-c3cccs3)c[nH]n2c(=O)c1C. The average Bonchev–Trinajstić information content (AvgIpc) is 2.93. The molecule has 0 spiro atoms. The fraction of sp³-hybridized carbons (Fsp3) is 0.167. The summed E-state index contributed by atoms with van der Waals surface area (Å²) < 4.78 is 1.50. The monoisotopic (exact) mass is 245 g/mol. The van der Waals surface area contributed by atoms with Crippen LogP contribution in [0.1, 0.15) is 11.3 Å².